The molecule has 7 amide bonds. The van der Waals surface area contributed by atoms with E-state index in [4.69, 9.17) is 17.2 Å². The standard InChI is InChI=1S/C39H63N13O9/c1-5-23(2)33(45-24(3)53)39(61)48-29(14-15-32(54)55)36(58)47-28(13-7-9-17-41)35(57)49-31(20-26-21-43-22-44-26)38(60)50-30(19-25-11-10-18-52(4)51-25)37(59)46-27(34(42)56)12-6-8-16-40/h10-11,18,21-23,27-31,33H,5-9,12-17,19-20,40-41H2,1-4H3,(H9-,42,43,44,45,46,47,48,49,50,53,54,55,56,57,58,59,60,61)/p+1/t23-,27-,28-,29-,30-,31-,33-/m0/s1. The van der Waals surface area contributed by atoms with Gasteiger partial charge in [0, 0.05) is 44.1 Å². The Kier molecular flexibility index (Phi) is 22.6. The smallest absolute Gasteiger partial charge is 0.303 e. The Morgan fingerprint density at radius 1 is 0.754 bits per heavy atom. The number of aromatic nitrogens is 4. The van der Waals surface area contributed by atoms with Gasteiger partial charge in [-0.25, -0.2) is 4.98 Å². The number of carbonyl (C=O) groups is 8. The van der Waals surface area contributed by atoms with Crippen molar-refractivity contribution in [1.29, 1.82) is 0 Å². The molecule has 2 rings (SSSR count). The summed E-state index contributed by atoms with van der Waals surface area (Å²) < 4.78 is 1.51. The predicted octanol–water partition coefficient (Wildman–Crippen LogP) is -3.00. The minimum atomic E-state index is -1.43. The molecule has 0 aromatic carbocycles. The Hall–Kier alpha value is -6.03. The number of aryl methyl sites for hydroxylation is 1. The van der Waals surface area contributed by atoms with Crippen LogP contribution < -0.4 is 53.8 Å². The van der Waals surface area contributed by atoms with Gasteiger partial charge in [0.05, 0.1) is 6.33 Å². The number of amides is 7. The van der Waals surface area contributed by atoms with E-state index in [9.17, 15) is 43.5 Å². The number of nitrogens with zero attached hydrogens (tertiary/aromatic N) is 3. The van der Waals surface area contributed by atoms with Crippen LogP contribution in [0.15, 0.2) is 30.9 Å². The quantitative estimate of drug-likeness (QED) is 0.0287. The van der Waals surface area contributed by atoms with Gasteiger partial charge in [-0.1, -0.05) is 25.0 Å². The van der Waals surface area contributed by atoms with Crippen molar-refractivity contribution in [2.24, 2.45) is 30.2 Å². The second kappa shape index (κ2) is 26.9. The second-order valence-corrected chi connectivity index (χ2v) is 14.9. The lowest BCUT2D eigenvalue weighted by Crippen LogP contribution is -2.60. The first-order valence-electron chi connectivity index (χ1n) is 20.5. The highest BCUT2D eigenvalue weighted by molar-refractivity contribution is 5.97. The van der Waals surface area contributed by atoms with Gasteiger partial charge in [-0.05, 0) is 75.1 Å². The van der Waals surface area contributed by atoms with Crippen LogP contribution in [0.3, 0.4) is 0 Å². The molecule has 7 atom stereocenters. The molecule has 338 valence electrons. The number of imidazole rings is 1. The number of carbonyl (C=O) groups excluding carboxylic acids is 7. The Balaban J connectivity index is 2.46. The SMILES string of the molecule is CC[C@H](C)[C@H](NC(C)=O)C(=O)N[C@@H](CCC(=O)O)C(=O)N[C@@H](CCCCN)C(=O)N[C@@H](Cc1cnc[nH]1)C(=O)N[C@@H](Cc1ccc[n+](C)n1)C(=O)N[C@@H](CCCCN)C(N)=O. The summed E-state index contributed by atoms with van der Waals surface area (Å²) in [6, 6.07) is -4.16. The summed E-state index contributed by atoms with van der Waals surface area (Å²) in [5.41, 5.74) is 17.8. The van der Waals surface area contributed by atoms with Crippen LogP contribution in [0.25, 0.3) is 0 Å². The molecule has 0 radical (unpaired) electrons. The van der Waals surface area contributed by atoms with Crippen molar-refractivity contribution < 1.29 is 48.1 Å². The summed E-state index contributed by atoms with van der Waals surface area (Å²) in [5, 5.41) is 29.5. The molecule has 0 fully saturated rings. The van der Waals surface area contributed by atoms with Gasteiger partial charge >= 0.3 is 5.97 Å². The van der Waals surface area contributed by atoms with Crippen LogP contribution in [0.2, 0.25) is 0 Å². The Bertz CT molecular complexity index is 1760. The third kappa shape index (κ3) is 18.8. The lowest BCUT2D eigenvalue weighted by Gasteiger charge is -2.28. The topological polar surface area (TPSA) is 352 Å². The van der Waals surface area contributed by atoms with Crippen molar-refractivity contribution in [2.75, 3.05) is 13.1 Å². The van der Waals surface area contributed by atoms with E-state index in [0.29, 0.717) is 50.0 Å². The van der Waals surface area contributed by atoms with Gasteiger partial charge in [-0.2, -0.15) is 0 Å². The average Bonchev–Trinajstić information content (AvgIpc) is 3.72. The average molecular weight is 859 g/mol. The van der Waals surface area contributed by atoms with Crippen molar-refractivity contribution in [1.82, 2.24) is 47.0 Å². The number of primary amides is 1. The minimum Gasteiger partial charge on any atom is -0.481 e. The monoisotopic (exact) mass is 858 g/mol. The highest BCUT2D eigenvalue weighted by atomic mass is 16.4. The number of aromatic amines is 1. The largest absolute Gasteiger partial charge is 0.481 e. The number of nitrogens with one attached hydrogen (secondary N) is 7. The zero-order chi connectivity index (χ0) is 45.5. The minimum absolute atomic E-state index is 0.0363. The van der Waals surface area contributed by atoms with Crippen LogP contribution in [0.5, 0.6) is 0 Å². The number of aliphatic carboxylic acids is 1. The number of carboxylic acid groups (broad SMARTS) is 1. The van der Waals surface area contributed by atoms with Crippen molar-refractivity contribution >= 4 is 47.3 Å². The van der Waals surface area contributed by atoms with Gasteiger partial charge in [-0.3, -0.25) is 38.4 Å². The lowest BCUT2D eigenvalue weighted by atomic mass is 9.97. The molecule has 2 heterocycles. The summed E-state index contributed by atoms with van der Waals surface area (Å²) >= 11 is 0. The molecule has 0 unspecified atom stereocenters. The first-order chi connectivity index (χ1) is 29.0. The maximum Gasteiger partial charge on any atom is 0.303 e. The Labute approximate surface area is 355 Å². The number of unbranched alkanes of at least 4 members (excludes halogenated alkanes) is 2. The number of carboxylic acids is 1. The number of nitrogens with two attached hydrogens (primary N) is 3. The zero-order valence-corrected chi connectivity index (χ0v) is 35.4. The van der Waals surface area contributed by atoms with Crippen LogP contribution in [0.1, 0.15) is 89.9 Å². The molecule has 22 heteroatoms. The zero-order valence-electron chi connectivity index (χ0n) is 35.4. The normalized spacial score (nSPS) is 14.5. The number of hydrogen-bond acceptors (Lipinski definition) is 12. The molecular weight excluding hydrogens is 795 g/mol. The van der Waals surface area contributed by atoms with Crippen molar-refractivity contribution in [3.05, 3.63) is 42.2 Å². The van der Waals surface area contributed by atoms with E-state index in [1.807, 2.05) is 6.92 Å². The highest BCUT2D eigenvalue weighted by Gasteiger charge is 2.34. The Morgan fingerprint density at radius 3 is 1.79 bits per heavy atom. The van der Waals surface area contributed by atoms with E-state index >= 15 is 0 Å². The lowest BCUT2D eigenvalue weighted by molar-refractivity contribution is -0.731. The van der Waals surface area contributed by atoms with Crippen LogP contribution in [-0.4, -0.2) is 117 Å². The molecular formula is C39H64N13O9+. The highest BCUT2D eigenvalue weighted by Crippen LogP contribution is 2.12. The molecule has 22 nitrogen and oxygen atoms in total. The first-order valence-corrected chi connectivity index (χ1v) is 20.5. The molecule has 0 saturated heterocycles. The van der Waals surface area contributed by atoms with Crippen LogP contribution in [0, 0.1) is 5.92 Å². The van der Waals surface area contributed by atoms with E-state index in [1.165, 1.54) is 24.1 Å². The molecule has 0 saturated carbocycles. The number of rotatable bonds is 29. The first kappa shape index (κ1) is 51.1. The molecule has 0 aliphatic carbocycles. The number of H-pyrrole nitrogens is 1. The van der Waals surface area contributed by atoms with Crippen LogP contribution >= 0.6 is 0 Å². The van der Waals surface area contributed by atoms with E-state index < -0.39 is 90.0 Å². The van der Waals surface area contributed by atoms with Gasteiger partial charge in [-0.15, -0.1) is 0 Å². The van der Waals surface area contributed by atoms with Crippen LogP contribution in [-0.2, 0) is 58.2 Å². The summed E-state index contributed by atoms with van der Waals surface area (Å²) in [6.45, 7) is 5.42. The summed E-state index contributed by atoms with van der Waals surface area (Å²) in [7, 11) is 1.67. The van der Waals surface area contributed by atoms with Crippen molar-refractivity contribution in [2.45, 2.75) is 128 Å². The summed E-state index contributed by atoms with van der Waals surface area (Å²) in [6.07, 6.45) is 6.01. The molecule has 0 aliphatic heterocycles. The van der Waals surface area contributed by atoms with Gasteiger partial charge < -0.3 is 59.2 Å². The van der Waals surface area contributed by atoms with Gasteiger partial charge in [0.2, 0.25) is 41.4 Å². The Morgan fingerprint density at radius 2 is 1.28 bits per heavy atom. The van der Waals surface area contributed by atoms with Gasteiger partial charge in [0.25, 0.3) is 0 Å². The van der Waals surface area contributed by atoms with E-state index in [-0.39, 0.29) is 44.6 Å². The van der Waals surface area contributed by atoms with E-state index in [1.54, 1.807) is 32.3 Å². The molecule has 14 N–H and O–H groups in total. The molecule has 0 bridgehead atoms. The van der Waals surface area contributed by atoms with Crippen molar-refractivity contribution in [3.8, 4) is 0 Å². The maximum absolute atomic E-state index is 14.2. The summed E-state index contributed by atoms with van der Waals surface area (Å²) in [5.74, 6) is -6.79. The molecule has 0 spiro atoms. The molecule has 2 aromatic rings. The van der Waals surface area contributed by atoms with E-state index in [0.717, 1.165) is 0 Å². The molecule has 61 heavy (non-hydrogen) atoms. The predicted molar refractivity (Wildman–Crippen MR) is 220 cm³/mol. The van der Waals surface area contributed by atoms with Gasteiger partial charge in [0.15, 0.2) is 13.2 Å². The summed E-state index contributed by atoms with van der Waals surface area (Å²) in [4.78, 5) is 112. The number of hydrogen-bond donors (Lipinski definition) is 11. The third-order valence-corrected chi connectivity index (χ3v) is 9.86. The van der Waals surface area contributed by atoms with Crippen molar-refractivity contribution in [3.63, 3.8) is 0 Å². The van der Waals surface area contributed by atoms with Gasteiger partial charge in [0.1, 0.15) is 41.9 Å². The van der Waals surface area contributed by atoms with Crippen LogP contribution in [0.4, 0.5) is 0 Å². The maximum atomic E-state index is 14.2. The fourth-order valence-electron chi connectivity index (χ4n) is 6.25. The fraction of sp³-hybridized carbons (Fsp3) is 0.615. The fourth-order valence-corrected chi connectivity index (χ4v) is 6.25. The van der Waals surface area contributed by atoms with E-state index in [2.05, 4.69) is 47.0 Å². The molecule has 0 aliphatic rings. The second-order valence-electron chi connectivity index (χ2n) is 14.9. The molecule has 2 aromatic heterocycles. The third-order valence-electron chi connectivity index (χ3n) is 9.86.